The van der Waals surface area contributed by atoms with Gasteiger partial charge in [-0.25, -0.2) is 4.79 Å². The van der Waals surface area contributed by atoms with Gasteiger partial charge in [-0.15, -0.1) is 0 Å². The standard InChI is InChI=1S/C20H36O6/c1-5-7-8-9-10-16(21)13(3)18-15(19(22)20(23)24)11-12-17(18)26-14(4)25-6-2/h13-15,17-19,22H,5-12H2,1-4H3,(H,23,24)/t13?,14?,15-,17+,18-,19?/m1/s1. The fourth-order valence-corrected chi connectivity index (χ4v) is 4.11. The molecule has 1 aliphatic carbocycles. The van der Waals surface area contributed by atoms with Crippen LogP contribution in [0.25, 0.3) is 0 Å². The molecular formula is C20H36O6. The molecule has 0 bridgehead atoms. The lowest BCUT2D eigenvalue weighted by molar-refractivity contribution is -0.176. The second kappa shape index (κ2) is 11.7. The third-order valence-corrected chi connectivity index (χ3v) is 5.50. The second-order valence-electron chi connectivity index (χ2n) is 7.36. The molecule has 6 atom stereocenters. The van der Waals surface area contributed by atoms with Crippen molar-refractivity contribution in [3.8, 4) is 0 Å². The SMILES string of the molecule is CCCCCCC(=O)C(C)[C@H]1[C@@H](OC(C)OCC)CC[C@H]1C(O)C(=O)O. The molecule has 1 aliphatic rings. The molecule has 152 valence electrons. The van der Waals surface area contributed by atoms with Crippen molar-refractivity contribution >= 4 is 11.8 Å². The molecule has 0 radical (unpaired) electrons. The maximum absolute atomic E-state index is 12.7. The van der Waals surface area contributed by atoms with Crippen molar-refractivity contribution in [3.63, 3.8) is 0 Å². The summed E-state index contributed by atoms with van der Waals surface area (Å²) in [5.74, 6) is -2.21. The van der Waals surface area contributed by atoms with Gasteiger partial charge in [-0.3, -0.25) is 4.79 Å². The first kappa shape index (κ1) is 23.1. The highest BCUT2D eigenvalue weighted by molar-refractivity contribution is 5.81. The Bertz CT molecular complexity index is 438. The summed E-state index contributed by atoms with van der Waals surface area (Å²) in [6, 6.07) is 0. The minimum absolute atomic E-state index is 0.133. The Morgan fingerprint density at radius 1 is 1.12 bits per heavy atom. The first-order chi connectivity index (χ1) is 12.3. The number of carboxylic acids is 1. The van der Waals surface area contributed by atoms with E-state index in [-0.39, 0.29) is 23.7 Å². The molecule has 0 saturated heterocycles. The van der Waals surface area contributed by atoms with Gasteiger partial charge in [0.05, 0.1) is 6.10 Å². The molecule has 0 aromatic rings. The van der Waals surface area contributed by atoms with E-state index in [0.717, 1.165) is 25.7 Å². The van der Waals surface area contributed by atoms with E-state index in [1.54, 1.807) is 6.92 Å². The number of carbonyl (C=O) groups excluding carboxylic acids is 1. The zero-order valence-corrected chi connectivity index (χ0v) is 16.6. The van der Waals surface area contributed by atoms with Gasteiger partial charge in [0, 0.05) is 30.8 Å². The van der Waals surface area contributed by atoms with Crippen molar-refractivity contribution in [2.24, 2.45) is 17.8 Å². The number of hydrogen-bond acceptors (Lipinski definition) is 5. The summed E-state index contributed by atoms with van der Waals surface area (Å²) in [5.41, 5.74) is 0. The minimum atomic E-state index is -1.47. The molecule has 0 aromatic heterocycles. The first-order valence-electron chi connectivity index (χ1n) is 10.0. The van der Waals surface area contributed by atoms with E-state index in [4.69, 9.17) is 9.47 Å². The monoisotopic (exact) mass is 372 g/mol. The smallest absolute Gasteiger partial charge is 0.332 e. The van der Waals surface area contributed by atoms with E-state index < -0.39 is 24.3 Å². The maximum atomic E-state index is 12.7. The van der Waals surface area contributed by atoms with Crippen LogP contribution in [0, 0.1) is 17.8 Å². The molecule has 1 saturated carbocycles. The quantitative estimate of drug-likeness (QED) is 0.380. The zero-order valence-electron chi connectivity index (χ0n) is 16.6. The molecule has 26 heavy (non-hydrogen) atoms. The van der Waals surface area contributed by atoms with Crippen molar-refractivity contribution < 1.29 is 29.3 Å². The Morgan fingerprint density at radius 3 is 2.38 bits per heavy atom. The molecule has 6 heteroatoms. The van der Waals surface area contributed by atoms with E-state index >= 15 is 0 Å². The van der Waals surface area contributed by atoms with Crippen LogP contribution >= 0.6 is 0 Å². The lowest BCUT2D eigenvalue weighted by atomic mass is 9.78. The summed E-state index contributed by atoms with van der Waals surface area (Å²) in [6.45, 7) is 8.18. The molecule has 0 aliphatic heterocycles. The van der Waals surface area contributed by atoms with Crippen LogP contribution in [-0.4, -0.2) is 47.1 Å². The van der Waals surface area contributed by atoms with Crippen molar-refractivity contribution in [2.75, 3.05) is 6.61 Å². The van der Waals surface area contributed by atoms with Crippen LogP contribution in [0.4, 0.5) is 0 Å². The first-order valence-corrected chi connectivity index (χ1v) is 10.0. The Morgan fingerprint density at radius 2 is 1.81 bits per heavy atom. The van der Waals surface area contributed by atoms with Crippen molar-refractivity contribution in [2.45, 2.75) is 91.1 Å². The third-order valence-electron chi connectivity index (χ3n) is 5.50. The Hall–Kier alpha value is -0.980. The molecule has 2 N–H and O–H groups in total. The lowest BCUT2D eigenvalue weighted by Gasteiger charge is -2.32. The van der Waals surface area contributed by atoms with Crippen LogP contribution in [0.1, 0.15) is 72.6 Å². The predicted octanol–water partition coefficient (Wildman–Crippen LogP) is 3.40. The summed E-state index contributed by atoms with van der Waals surface area (Å²) in [4.78, 5) is 24.0. The molecular weight excluding hydrogens is 336 g/mol. The number of unbranched alkanes of at least 4 members (excludes halogenated alkanes) is 3. The van der Waals surface area contributed by atoms with Crippen molar-refractivity contribution in [3.05, 3.63) is 0 Å². The van der Waals surface area contributed by atoms with Gasteiger partial charge in [0.2, 0.25) is 0 Å². The summed E-state index contributed by atoms with van der Waals surface area (Å²) >= 11 is 0. The number of hydrogen-bond donors (Lipinski definition) is 2. The van der Waals surface area contributed by atoms with E-state index in [0.29, 0.717) is 25.9 Å². The second-order valence-corrected chi connectivity index (χ2v) is 7.36. The highest BCUT2D eigenvalue weighted by atomic mass is 16.7. The largest absolute Gasteiger partial charge is 0.479 e. The molecule has 6 nitrogen and oxygen atoms in total. The molecule has 1 rings (SSSR count). The van der Waals surface area contributed by atoms with Gasteiger partial charge >= 0.3 is 5.97 Å². The molecule has 1 fully saturated rings. The molecule has 0 spiro atoms. The van der Waals surface area contributed by atoms with E-state index in [1.165, 1.54) is 0 Å². The average molecular weight is 373 g/mol. The molecule has 3 unspecified atom stereocenters. The van der Waals surface area contributed by atoms with Crippen molar-refractivity contribution in [1.29, 1.82) is 0 Å². The van der Waals surface area contributed by atoms with Gasteiger partial charge in [0.1, 0.15) is 5.78 Å². The van der Waals surface area contributed by atoms with Crippen LogP contribution in [0.3, 0.4) is 0 Å². The summed E-state index contributed by atoms with van der Waals surface area (Å²) in [6.07, 6.45) is 3.63. The Labute approximate surface area is 157 Å². The van der Waals surface area contributed by atoms with Gasteiger partial charge in [0.25, 0.3) is 0 Å². The van der Waals surface area contributed by atoms with Crippen LogP contribution < -0.4 is 0 Å². The number of rotatable bonds is 13. The fourth-order valence-electron chi connectivity index (χ4n) is 4.11. The van der Waals surface area contributed by atoms with Gasteiger partial charge in [0.15, 0.2) is 12.4 Å². The molecule has 0 heterocycles. The number of Topliss-reactive ketones (excluding diaryl/α,β-unsaturated/α-hetero) is 1. The van der Waals surface area contributed by atoms with Crippen molar-refractivity contribution in [1.82, 2.24) is 0 Å². The normalized spacial score (nSPS) is 26.4. The van der Waals surface area contributed by atoms with Crippen LogP contribution in [0.2, 0.25) is 0 Å². The number of aliphatic hydroxyl groups excluding tert-OH is 1. The number of carboxylic acid groups (broad SMARTS) is 1. The Kier molecular flexibility index (Phi) is 10.4. The van der Waals surface area contributed by atoms with E-state index in [2.05, 4.69) is 6.92 Å². The molecule has 0 amide bonds. The van der Waals surface area contributed by atoms with Crippen LogP contribution in [0.5, 0.6) is 0 Å². The summed E-state index contributed by atoms with van der Waals surface area (Å²) in [7, 11) is 0. The molecule has 0 aromatic carbocycles. The topological polar surface area (TPSA) is 93.1 Å². The van der Waals surface area contributed by atoms with Crippen LogP contribution in [0.15, 0.2) is 0 Å². The number of aliphatic hydroxyl groups is 1. The average Bonchev–Trinajstić information content (AvgIpc) is 3.00. The highest BCUT2D eigenvalue weighted by Crippen LogP contribution is 2.42. The van der Waals surface area contributed by atoms with E-state index in [1.807, 2.05) is 13.8 Å². The zero-order chi connectivity index (χ0) is 19.7. The number of ketones is 1. The fraction of sp³-hybridized carbons (Fsp3) is 0.900. The number of carbonyl (C=O) groups is 2. The Balaban J connectivity index is 2.82. The van der Waals surface area contributed by atoms with Gasteiger partial charge in [-0.1, -0.05) is 33.1 Å². The number of aliphatic carboxylic acids is 1. The maximum Gasteiger partial charge on any atom is 0.332 e. The highest BCUT2D eigenvalue weighted by Gasteiger charge is 2.47. The summed E-state index contributed by atoms with van der Waals surface area (Å²) in [5, 5.41) is 19.4. The number of ether oxygens (including phenoxy) is 2. The van der Waals surface area contributed by atoms with Gasteiger partial charge < -0.3 is 19.7 Å². The lowest BCUT2D eigenvalue weighted by Crippen LogP contribution is -2.41. The van der Waals surface area contributed by atoms with Gasteiger partial charge in [-0.05, 0) is 33.1 Å². The minimum Gasteiger partial charge on any atom is -0.479 e. The third kappa shape index (κ3) is 6.63. The summed E-state index contributed by atoms with van der Waals surface area (Å²) < 4.78 is 11.4. The van der Waals surface area contributed by atoms with Crippen LogP contribution in [-0.2, 0) is 19.1 Å². The van der Waals surface area contributed by atoms with Gasteiger partial charge in [-0.2, -0.15) is 0 Å². The predicted molar refractivity (Wildman–Crippen MR) is 98.7 cm³/mol. The van der Waals surface area contributed by atoms with E-state index in [9.17, 15) is 19.8 Å².